The molecule has 0 aliphatic rings. The minimum atomic E-state index is -0.915. The maximum absolute atomic E-state index is 13.9. The molecule has 0 fully saturated rings. The van der Waals surface area contributed by atoms with E-state index in [1.807, 2.05) is 12.3 Å². The highest BCUT2D eigenvalue weighted by molar-refractivity contribution is 7.09. The second kappa shape index (κ2) is 5.46. The number of aliphatic hydroxyl groups excluding tert-OH is 1. The van der Waals surface area contributed by atoms with Crippen molar-refractivity contribution in [2.75, 3.05) is 7.11 Å². The van der Waals surface area contributed by atoms with Gasteiger partial charge in [0.1, 0.15) is 0 Å². The number of hydrogen-bond donors (Lipinski definition) is 1. The summed E-state index contributed by atoms with van der Waals surface area (Å²) in [5.74, 6) is -0.375. The van der Waals surface area contributed by atoms with Crippen LogP contribution in [-0.4, -0.2) is 17.2 Å². The number of aliphatic hydroxyl groups is 1. The van der Waals surface area contributed by atoms with Crippen LogP contribution >= 0.6 is 11.3 Å². The number of ether oxygens (including phenoxy) is 1. The number of halogens is 1. The standard InChI is InChI=1S/C13H14FNO2S/c1-8-15-9(7-18-8)6-11(16)10-4-3-5-12(17-2)13(10)14/h3-5,7,11,16H,6H2,1-2H3. The number of benzene rings is 1. The van der Waals surface area contributed by atoms with Gasteiger partial charge in [0.2, 0.25) is 0 Å². The second-order valence-electron chi connectivity index (χ2n) is 3.94. The first-order valence-corrected chi connectivity index (χ1v) is 6.41. The van der Waals surface area contributed by atoms with Crippen LogP contribution in [0.25, 0.3) is 0 Å². The molecular formula is C13H14FNO2S. The van der Waals surface area contributed by atoms with Gasteiger partial charge in [-0.15, -0.1) is 11.3 Å². The van der Waals surface area contributed by atoms with Crippen LogP contribution in [0.1, 0.15) is 22.4 Å². The average Bonchev–Trinajstić information content (AvgIpc) is 2.75. The first-order chi connectivity index (χ1) is 8.61. The average molecular weight is 267 g/mol. The van der Waals surface area contributed by atoms with E-state index in [-0.39, 0.29) is 11.3 Å². The maximum atomic E-state index is 13.9. The second-order valence-corrected chi connectivity index (χ2v) is 5.00. The summed E-state index contributed by atoms with van der Waals surface area (Å²) in [6.07, 6.45) is -0.615. The van der Waals surface area contributed by atoms with E-state index in [1.165, 1.54) is 24.5 Å². The molecular weight excluding hydrogens is 253 g/mol. The fourth-order valence-corrected chi connectivity index (χ4v) is 2.38. The normalized spacial score (nSPS) is 12.4. The lowest BCUT2D eigenvalue weighted by Crippen LogP contribution is -2.05. The summed E-state index contributed by atoms with van der Waals surface area (Å²) in [6.45, 7) is 1.90. The lowest BCUT2D eigenvalue weighted by Gasteiger charge is -2.12. The zero-order valence-electron chi connectivity index (χ0n) is 10.2. The lowest BCUT2D eigenvalue weighted by atomic mass is 10.0. The van der Waals surface area contributed by atoms with Crippen molar-refractivity contribution in [3.05, 3.63) is 45.7 Å². The van der Waals surface area contributed by atoms with E-state index in [0.717, 1.165) is 10.7 Å². The molecule has 0 aliphatic carbocycles. The predicted octanol–water partition coefficient (Wildman–Crippen LogP) is 2.88. The number of rotatable bonds is 4. The van der Waals surface area contributed by atoms with Gasteiger partial charge in [0.05, 0.1) is 23.9 Å². The Morgan fingerprint density at radius 1 is 1.50 bits per heavy atom. The SMILES string of the molecule is COc1cccc(C(O)Cc2csc(C)n2)c1F. The van der Waals surface area contributed by atoms with Crippen LogP contribution in [0, 0.1) is 12.7 Å². The third kappa shape index (κ3) is 2.68. The third-order valence-corrected chi connectivity index (χ3v) is 3.46. The molecule has 1 N–H and O–H groups in total. The van der Waals surface area contributed by atoms with Gasteiger partial charge in [-0.2, -0.15) is 0 Å². The van der Waals surface area contributed by atoms with Crippen molar-refractivity contribution in [1.29, 1.82) is 0 Å². The summed E-state index contributed by atoms with van der Waals surface area (Å²) in [5, 5.41) is 12.9. The van der Waals surface area contributed by atoms with Gasteiger partial charge in [-0.1, -0.05) is 12.1 Å². The number of hydrogen-bond acceptors (Lipinski definition) is 4. The molecule has 2 rings (SSSR count). The molecule has 0 spiro atoms. The van der Waals surface area contributed by atoms with Crippen molar-refractivity contribution in [2.45, 2.75) is 19.4 Å². The van der Waals surface area contributed by atoms with Crippen LogP contribution in [0.5, 0.6) is 5.75 Å². The van der Waals surface area contributed by atoms with Crippen LogP contribution in [0.4, 0.5) is 4.39 Å². The number of methoxy groups -OCH3 is 1. The van der Waals surface area contributed by atoms with E-state index < -0.39 is 11.9 Å². The number of nitrogens with zero attached hydrogens (tertiary/aromatic N) is 1. The Morgan fingerprint density at radius 3 is 2.89 bits per heavy atom. The molecule has 1 aromatic carbocycles. The smallest absolute Gasteiger partial charge is 0.170 e. The highest BCUT2D eigenvalue weighted by Gasteiger charge is 2.17. The molecule has 2 aromatic rings. The minimum absolute atomic E-state index is 0.140. The largest absolute Gasteiger partial charge is 0.494 e. The zero-order chi connectivity index (χ0) is 13.1. The summed E-state index contributed by atoms with van der Waals surface area (Å²) in [7, 11) is 1.40. The molecule has 0 radical (unpaired) electrons. The highest BCUT2D eigenvalue weighted by atomic mass is 32.1. The van der Waals surface area contributed by atoms with Crippen LogP contribution in [0.2, 0.25) is 0 Å². The minimum Gasteiger partial charge on any atom is -0.494 e. The van der Waals surface area contributed by atoms with Crippen molar-refractivity contribution in [1.82, 2.24) is 4.98 Å². The molecule has 0 amide bonds. The van der Waals surface area contributed by atoms with Gasteiger partial charge in [0.25, 0.3) is 0 Å². The van der Waals surface area contributed by atoms with Crippen molar-refractivity contribution in [3.8, 4) is 5.75 Å². The molecule has 1 aromatic heterocycles. The van der Waals surface area contributed by atoms with Crippen molar-refractivity contribution in [2.24, 2.45) is 0 Å². The Bertz CT molecular complexity index is 542. The summed E-state index contributed by atoms with van der Waals surface area (Å²) in [5.41, 5.74) is 1.01. The Balaban J connectivity index is 2.21. The number of aryl methyl sites for hydroxylation is 1. The van der Waals surface area contributed by atoms with Gasteiger partial charge in [-0.05, 0) is 13.0 Å². The molecule has 1 heterocycles. The fraction of sp³-hybridized carbons (Fsp3) is 0.308. The van der Waals surface area contributed by atoms with Crippen LogP contribution in [-0.2, 0) is 6.42 Å². The van der Waals surface area contributed by atoms with Crippen molar-refractivity contribution >= 4 is 11.3 Å². The predicted molar refractivity (Wildman–Crippen MR) is 68.5 cm³/mol. The summed E-state index contributed by atoms with van der Waals surface area (Å²) in [6, 6.07) is 4.74. The van der Waals surface area contributed by atoms with E-state index >= 15 is 0 Å². The van der Waals surface area contributed by atoms with E-state index in [9.17, 15) is 9.50 Å². The monoisotopic (exact) mass is 267 g/mol. The van der Waals surface area contributed by atoms with Gasteiger partial charge < -0.3 is 9.84 Å². The van der Waals surface area contributed by atoms with Crippen LogP contribution in [0.3, 0.4) is 0 Å². The van der Waals surface area contributed by atoms with E-state index in [1.54, 1.807) is 12.1 Å². The van der Waals surface area contributed by atoms with Gasteiger partial charge in [-0.3, -0.25) is 0 Å². The Labute approximate surface area is 109 Å². The molecule has 0 aliphatic heterocycles. The molecule has 0 saturated heterocycles. The highest BCUT2D eigenvalue weighted by Crippen LogP contribution is 2.27. The summed E-state index contributed by atoms with van der Waals surface area (Å²) >= 11 is 1.51. The molecule has 18 heavy (non-hydrogen) atoms. The maximum Gasteiger partial charge on any atom is 0.170 e. The molecule has 96 valence electrons. The van der Waals surface area contributed by atoms with Crippen LogP contribution in [0.15, 0.2) is 23.6 Å². The van der Waals surface area contributed by atoms with Gasteiger partial charge in [-0.25, -0.2) is 9.37 Å². The fourth-order valence-electron chi connectivity index (χ4n) is 1.75. The molecule has 3 nitrogen and oxygen atoms in total. The number of aromatic nitrogens is 1. The molecule has 1 atom stereocenters. The first kappa shape index (κ1) is 13.0. The quantitative estimate of drug-likeness (QED) is 0.926. The van der Waals surface area contributed by atoms with E-state index in [2.05, 4.69) is 4.98 Å². The third-order valence-electron chi connectivity index (χ3n) is 2.64. The van der Waals surface area contributed by atoms with Crippen molar-refractivity contribution in [3.63, 3.8) is 0 Å². The summed E-state index contributed by atoms with van der Waals surface area (Å²) in [4.78, 5) is 4.25. The number of thiazole rings is 1. The summed E-state index contributed by atoms with van der Waals surface area (Å²) < 4.78 is 18.8. The van der Waals surface area contributed by atoms with Crippen molar-refractivity contribution < 1.29 is 14.2 Å². The van der Waals surface area contributed by atoms with E-state index in [4.69, 9.17) is 4.74 Å². The Kier molecular flexibility index (Phi) is 3.93. The molecule has 1 unspecified atom stereocenters. The van der Waals surface area contributed by atoms with Gasteiger partial charge in [0.15, 0.2) is 11.6 Å². The van der Waals surface area contributed by atoms with Crippen LogP contribution < -0.4 is 4.74 Å². The van der Waals surface area contributed by atoms with Gasteiger partial charge in [0, 0.05) is 17.4 Å². The Hall–Kier alpha value is -1.46. The Morgan fingerprint density at radius 2 is 2.28 bits per heavy atom. The van der Waals surface area contributed by atoms with E-state index in [0.29, 0.717) is 6.42 Å². The molecule has 5 heteroatoms. The molecule has 0 saturated carbocycles. The zero-order valence-corrected chi connectivity index (χ0v) is 11.0. The first-order valence-electron chi connectivity index (χ1n) is 5.53. The molecule has 0 bridgehead atoms. The lowest BCUT2D eigenvalue weighted by molar-refractivity contribution is 0.171. The van der Waals surface area contributed by atoms with Gasteiger partial charge >= 0.3 is 0 Å². The topological polar surface area (TPSA) is 42.4 Å².